The predicted octanol–water partition coefficient (Wildman–Crippen LogP) is 8.55. The average Bonchev–Trinajstić information content (AvgIpc) is 3.65. The van der Waals surface area contributed by atoms with E-state index in [4.69, 9.17) is 13.9 Å². The van der Waals surface area contributed by atoms with E-state index in [0.29, 0.717) is 62.6 Å². The van der Waals surface area contributed by atoms with Crippen molar-refractivity contribution in [2.24, 2.45) is 11.8 Å². The van der Waals surface area contributed by atoms with Gasteiger partial charge < -0.3 is 29.4 Å². The van der Waals surface area contributed by atoms with Crippen molar-refractivity contribution in [3.8, 4) is 11.5 Å². The van der Waals surface area contributed by atoms with Crippen molar-refractivity contribution < 1.29 is 41.8 Å². The van der Waals surface area contributed by atoms with Gasteiger partial charge in [-0.1, -0.05) is 12.8 Å². The Balaban J connectivity index is 1.11. The molecule has 2 aliphatic carbocycles. The SMILES string of the molecule is CN(CCCCCCNC(=O)OC(C)(C)C)C(=O)C1CCC(n2cc(NC(=O)c3coc(-c4ccnc(N(CC5CC5)C(=O)OC(C)(C)C)c4)n3)c(C(F)F)n2)CC1. The third kappa shape index (κ3) is 13.0. The number of carbonyl (C=O) groups is 4. The second kappa shape index (κ2) is 19.1. The van der Waals surface area contributed by atoms with E-state index in [1.54, 1.807) is 44.9 Å². The number of alkyl halides is 2. The summed E-state index contributed by atoms with van der Waals surface area (Å²) in [6.07, 6.45) is 7.97. The molecule has 0 spiro atoms. The highest BCUT2D eigenvalue weighted by Gasteiger charge is 2.33. The van der Waals surface area contributed by atoms with Gasteiger partial charge in [-0.15, -0.1) is 0 Å². The van der Waals surface area contributed by atoms with E-state index in [-0.39, 0.29) is 35.1 Å². The smallest absolute Gasteiger partial charge is 0.416 e. The molecule has 0 aromatic carbocycles. The largest absolute Gasteiger partial charge is 0.444 e. The number of nitrogens with one attached hydrogen (secondary N) is 2. The van der Waals surface area contributed by atoms with E-state index in [0.717, 1.165) is 44.8 Å². The molecule has 2 N–H and O–H groups in total. The summed E-state index contributed by atoms with van der Waals surface area (Å²) in [5, 5.41) is 9.44. The van der Waals surface area contributed by atoms with Gasteiger partial charge in [-0.3, -0.25) is 19.2 Å². The second-order valence-corrected chi connectivity index (χ2v) is 17.2. The van der Waals surface area contributed by atoms with E-state index >= 15 is 0 Å². The Morgan fingerprint density at radius 1 is 0.966 bits per heavy atom. The van der Waals surface area contributed by atoms with Crippen LogP contribution in [0.25, 0.3) is 11.5 Å². The number of pyridine rings is 1. The maximum atomic E-state index is 14.2. The molecule has 0 atom stereocenters. The first-order valence-electron chi connectivity index (χ1n) is 20.2. The van der Waals surface area contributed by atoms with Crippen molar-refractivity contribution in [1.82, 2.24) is 30.0 Å². The van der Waals surface area contributed by atoms with Crippen LogP contribution in [0.15, 0.2) is 35.2 Å². The molecule has 0 bridgehead atoms. The fraction of sp³-hybridized carbons (Fsp3) is 0.634. The van der Waals surface area contributed by atoms with Gasteiger partial charge in [0.1, 0.15) is 23.3 Å². The van der Waals surface area contributed by atoms with Crippen LogP contribution in [0.5, 0.6) is 0 Å². The van der Waals surface area contributed by atoms with Crippen LogP contribution in [0.4, 0.5) is 29.9 Å². The van der Waals surface area contributed by atoms with Gasteiger partial charge in [-0.2, -0.15) is 5.10 Å². The molecule has 3 aromatic heterocycles. The molecule has 0 aliphatic heterocycles. The van der Waals surface area contributed by atoms with Crippen LogP contribution in [0.1, 0.15) is 134 Å². The molecule has 58 heavy (non-hydrogen) atoms. The lowest BCUT2D eigenvalue weighted by Gasteiger charge is -2.30. The third-order valence-electron chi connectivity index (χ3n) is 9.86. The number of unbranched alkanes of at least 4 members (excludes halogenated alkanes) is 3. The molecule has 0 unspecified atom stereocenters. The maximum Gasteiger partial charge on any atom is 0.416 e. The quantitative estimate of drug-likeness (QED) is 0.133. The summed E-state index contributed by atoms with van der Waals surface area (Å²) >= 11 is 0. The molecule has 3 aromatic rings. The maximum absolute atomic E-state index is 14.2. The van der Waals surface area contributed by atoms with Crippen LogP contribution in [-0.4, -0.2) is 86.5 Å². The van der Waals surface area contributed by atoms with Crippen LogP contribution in [-0.2, 0) is 14.3 Å². The Kier molecular flexibility index (Phi) is 14.5. The molecule has 0 saturated heterocycles. The molecule has 17 heteroatoms. The van der Waals surface area contributed by atoms with Crippen molar-refractivity contribution in [2.75, 3.05) is 36.9 Å². The first-order valence-corrected chi connectivity index (χ1v) is 20.2. The van der Waals surface area contributed by atoms with E-state index in [9.17, 15) is 28.0 Å². The number of oxazole rings is 1. The van der Waals surface area contributed by atoms with Gasteiger partial charge >= 0.3 is 12.2 Å². The summed E-state index contributed by atoms with van der Waals surface area (Å²) < 4.78 is 46.3. The van der Waals surface area contributed by atoms with Gasteiger partial charge in [0.15, 0.2) is 11.4 Å². The van der Waals surface area contributed by atoms with Crippen molar-refractivity contribution in [1.29, 1.82) is 0 Å². The fourth-order valence-electron chi connectivity index (χ4n) is 6.72. The van der Waals surface area contributed by atoms with Crippen LogP contribution in [0, 0.1) is 11.8 Å². The zero-order valence-corrected chi connectivity index (χ0v) is 34.7. The topological polar surface area (TPSA) is 174 Å². The molecule has 5 rings (SSSR count). The van der Waals surface area contributed by atoms with Crippen molar-refractivity contribution in [2.45, 2.75) is 129 Å². The van der Waals surface area contributed by atoms with Crippen LogP contribution in [0.3, 0.4) is 0 Å². The van der Waals surface area contributed by atoms with Gasteiger partial charge in [0.2, 0.25) is 11.8 Å². The molecule has 318 valence electrons. The number of amides is 4. The Morgan fingerprint density at radius 3 is 2.31 bits per heavy atom. The number of aromatic nitrogens is 4. The standard InChI is InChI=1S/C41H58F2N8O7/c1-40(2,3)57-38(54)45-19-10-8-9-11-21-49(7)37(53)27-14-16-29(17-15-27)51-24-30(33(48-51)34(42)43)46-35(52)31-25-56-36(47-31)28-18-20-44-32(22-28)50(23-26-12-13-26)39(55)58-41(4,5)6/h18,20,22,24-27,29,34H,8-17,19,21,23H2,1-7H3,(H,45,54)(H,46,52). The monoisotopic (exact) mass is 812 g/mol. The predicted molar refractivity (Wildman–Crippen MR) is 213 cm³/mol. The highest BCUT2D eigenvalue weighted by atomic mass is 19.3. The number of ether oxygens (including phenoxy) is 2. The van der Waals surface area contributed by atoms with Gasteiger partial charge in [0.25, 0.3) is 12.3 Å². The molecule has 2 saturated carbocycles. The summed E-state index contributed by atoms with van der Waals surface area (Å²) in [7, 11) is 1.80. The Hall–Kier alpha value is -5.09. The normalized spacial score (nSPS) is 17.1. The van der Waals surface area contributed by atoms with Gasteiger partial charge in [0, 0.05) is 50.6 Å². The number of alkyl carbamates (subject to hydrolysis) is 1. The first kappa shape index (κ1) is 44.0. The molecule has 2 fully saturated rings. The number of hydrogen-bond acceptors (Lipinski definition) is 10. The van der Waals surface area contributed by atoms with E-state index in [1.807, 2.05) is 20.8 Å². The van der Waals surface area contributed by atoms with E-state index in [1.165, 1.54) is 22.0 Å². The lowest BCUT2D eigenvalue weighted by Crippen LogP contribution is -2.38. The second-order valence-electron chi connectivity index (χ2n) is 17.2. The zero-order chi connectivity index (χ0) is 42.2. The van der Waals surface area contributed by atoms with Gasteiger partial charge in [0.05, 0.1) is 11.7 Å². The molecule has 2 aliphatic rings. The summed E-state index contributed by atoms with van der Waals surface area (Å²) in [5.74, 6) is -0.0808. The van der Waals surface area contributed by atoms with Gasteiger partial charge in [-0.05, 0) is 111 Å². The van der Waals surface area contributed by atoms with Gasteiger partial charge in [-0.25, -0.2) is 28.3 Å². The molecular formula is C41H58F2N8O7. The Bertz CT molecular complexity index is 1870. The number of nitrogens with zero attached hydrogens (tertiary/aromatic N) is 6. The molecular weight excluding hydrogens is 754 g/mol. The highest BCUT2D eigenvalue weighted by Crippen LogP contribution is 2.36. The third-order valence-corrected chi connectivity index (χ3v) is 9.86. The average molecular weight is 813 g/mol. The lowest BCUT2D eigenvalue weighted by molar-refractivity contribution is -0.135. The van der Waals surface area contributed by atoms with Crippen molar-refractivity contribution in [3.63, 3.8) is 0 Å². The minimum absolute atomic E-state index is 0.0697. The zero-order valence-electron chi connectivity index (χ0n) is 34.7. The molecule has 3 heterocycles. The summed E-state index contributed by atoms with van der Waals surface area (Å²) in [6, 6.07) is 3.03. The summed E-state index contributed by atoms with van der Waals surface area (Å²) in [4.78, 5) is 63.2. The number of hydrogen-bond donors (Lipinski definition) is 2. The van der Waals surface area contributed by atoms with Crippen LogP contribution < -0.4 is 15.5 Å². The number of anilines is 2. The van der Waals surface area contributed by atoms with E-state index < -0.39 is 41.4 Å². The molecule has 15 nitrogen and oxygen atoms in total. The Labute approximate surface area is 338 Å². The van der Waals surface area contributed by atoms with Crippen molar-refractivity contribution in [3.05, 3.63) is 42.2 Å². The summed E-state index contributed by atoms with van der Waals surface area (Å²) in [6.45, 7) is 12.4. The first-order chi connectivity index (χ1) is 27.4. The number of halogens is 2. The van der Waals surface area contributed by atoms with Crippen LogP contribution >= 0.6 is 0 Å². The fourth-order valence-corrected chi connectivity index (χ4v) is 6.72. The number of carbonyl (C=O) groups excluding carboxylic acids is 4. The minimum Gasteiger partial charge on any atom is -0.444 e. The Morgan fingerprint density at radius 2 is 1.66 bits per heavy atom. The molecule has 0 radical (unpaired) electrons. The van der Waals surface area contributed by atoms with Crippen molar-refractivity contribution >= 4 is 35.5 Å². The number of rotatable bonds is 16. The van der Waals surface area contributed by atoms with E-state index in [2.05, 4.69) is 25.7 Å². The summed E-state index contributed by atoms with van der Waals surface area (Å²) in [5.41, 5.74) is -1.62. The minimum atomic E-state index is -2.95. The van der Waals surface area contributed by atoms with Crippen LogP contribution in [0.2, 0.25) is 0 Å². The lowest BCUT2D eigenvalue weighted by atomic mass is 9.85. The highest BCUT2D eigenvalue weighted by molar-refractivity contribution is 6.03. The molecule has 4 amide bonds.